The zero-order valence-corrected chi connectivity index (χ0v) is 13.9. The normalized spacial score (nSPS) is 17.7. The molecule has 1 aromatic carbocycles. The number of phenols is 1. The van der Waals surface area contributed by atoms with Gasteiger partial charge in [-0.15, -0.1) is 0 Å². The maximum absolute atomic E-state index is 9.69. The summed E-state index contributed by atoms with van der Waals surface area (Å²) >= 11 is 0. The second-order valence-electron chi connectivity index (χ2n) is 6.49. The molecule has 0 aliphatic carbocycles. The van der Waals surface area contributed by atoms with Crippen LogP contribution in [0, 0.1) is 0 Å². The van der Waals surface area contributed by atoms with Crippen LogP contribution in [0.2, 0.25) is 0 Å². The fraction of sp³-hybridized carbons (Fsp3) is 0.250. The van der Waals surface area contributed by atoms with Crippen LogP contribution in [0.25, 0.3) is 11.3 Å². The maximum Gasteiger partial charge on any atom is 0.116 e. The molecule has 4 rings (SSSR count). The van der Waals surface area contributed by atoms with E-state index in [0.717, 1.165) is 42.9 Å². The monoisotopic (exact) mass is 332 g/mol. The number of rotatable bonds is 4. The van der Waals surface area contributed by atoms with E-state index in [1.807, 2.05) is 30.7 Å². The Labute approximate surface area is 147 Å². The number of pyridine rings is 1. The van der Waals surface area contributed by atoms with Crippen molar-refractivity contribution in [1.82, 2.24) is 19.9 Å². The van der Waals surface area contributed by atoms with E-state index in [9.17, 15) is 5.11 Å². The Balaban J connectivity index is 1.48. The molecule has 0 amide bonds. The van der Waals surface area contributed by atoms with Crippen molar-refractivity contribution in [2.75, 3.05) is 13.1 Å². The number of hydrogen-bond acceptors (Lipinski definition) is 5. The molecular weight excluding hydrogens is 312 g/mol. The van der Waals surface area contributed by atoms with Crippen molar-refractivity contribution >= 4 is 0 Å². The average Bonchev–Trinajstić information content (AvgIpc) is 3.11. The van der Waals surface area contributed by atoms with Gasteiger partial charge >= 0.3 is 0 Å². The summed E-state index contributed by atoms with van der Waals surface area (Å²) < 4.78 is 0. The van der Waals surface area contributed by atoms with E-state index >= 15 is 0 Å². The molecule has 0 saturated carbocycles. The SMILES string of the molecule is Oc1cccc(-c2cc([C@H]3CCN(Cc4cncnc4)C3)ccn2)c1. The molecule has 2 aromatic heterocycles. The van der Waals surface area contributed by atoms with E-state index in [-0.39, 0.29) is 5.75 Å². The maximum atomic E-state index is 9.69. The molecule has 5 nitrogen and oxygen atoms in total. The quantitative estimate of drug-likeness (QED) is 0.795. The summed E-state index contributed by atoms with van der Waals surface area (Å²) in [6.07, 6.45) is 8.33. The highest BCUT2D eigenvalue weighted by Gasteiger charge is 2.24. The van der Waals surface area contributed by atoms with Crippen molar-refractivity contribution in [3.63, 3.8) is 0 Å². The van der Waals surface area contributed by atoms with Gasteiger partial charge in [-0.1, -0.05) is 12.1 Å². The minimum absolute atomic E-state index is 0.266. The summed E-state index contributed by atoms with van der Waals surface area (Å²) in [7, 11) is 0. The lowest BCUT2D eigenvalue weighted by Crippen LogP contribution is -2.20. The first-order valence-electron chi connectivity index (χ1n) is 8.49. The first-order chi connectivity index (χ1) is 12.3. The molecule has 126 valence electrons. The van der Waals surface area contributed by atoms with Crippen LogP contribution in [0.4, 0.5) is 0 Å². The molecular formula is C20H20N4O. The number of aromatic nitrogens is 3. The second-order valence-corrected chi connectivity index (χ2v) is 6.49. The van der Waals surface area contributed by atoms with Crippen molar-refractivity contribution < 1.29 is 5.11 Å². The minimum atomic E-state index is 0.266. The molecule has 5 heteroatoms. The third kappa shape index (κ3) is 3.67. The minimum Gasteiger partial charge on any atom is -0.508 e. The van der Waals surface area contributed by atoms with Gasteiger partial charge in [-0.05, 0) is 48.7 Å². The molecule has 1 N–H and O–H groups in total. The smallest absolute Gasteiger partial charge is 0.116 e. The van der Waals surface area contributed by atoms with Gasteiger partial charge in [0.05, 0.1) is 5.69 Å². The molecule has 0 spiro atoms. The summed E-state index contributed by atoms with van der Waals surface area (Å²) in [5.41, 5.74) is 4.31. The third-order valence-corrected chi connectivity index (χ3v) is 4.69. The van der Waals surface area contributed by atoms with Gasteiger partial charge in [0.15, 0.2) is 0 Å². The van der Waals surface area contributed by atoms with Crippen LogP contribution >= 0.6 is 0 Å². The predicted molar refractivity (Wildman–Crippen MR) is 96.0 cm³/mol. The van der Waals surface area contributed by atoms with Gasteiger partial charge < -0.3 is 5.11 Å². The molecule has 0 unspecified atom stereocenters. The van der Waals surface area contributed by atoms with Crippen molar-refractivity contribution in [1.29, 1.82) is 0 Å². The van der Waals surface area contributed by atoms with Gasteiger partial charge in [0, 0.05) is 42.8 Å². The van der Waals surface area contributed by atoms with Gasteiger partial charge in [0.25, 0.3) is 0 Å². The van der Waals surface area contributed by atoms with E-state index in [4.69, 9.17) is 0 Å². The summed E-state index contributed by atoms with van der Waals surface area (Å²) in [5.74, 6) is 0.769. The van der Waals surface area contributed by atoms with Crippen molar-refractivity contribution in [2.45, 2.75) is 18.9 Å². The third-order valence-electron chi connectivity index (χ3n) is 4.69. The zero-order chi connectivity index (χ0) is 17.1. The number of nitrogens with zero attached hydrogens (tertiary/aromatic N) is 4. The summed E-state index contributed by atoms with van der Waals surface area (Å²) in [6.45, 7) is 2.99. The van der Waals surface area contributed by atoms with E-state index < -0.39 is 0 Å². The van der Waals surface area contributed by atoms with Gasteiger partial charge in [0.2, 0.25) is 0 Å². The Morgan fingerprint density at radius 2 is 2.00 bits per heavy atom. The fourth-order valence-electron chi connectivity index (χ4n) is 3.44. The molecule has 1 saturated heterocycles. The molecule has 3 heterocycles. The molecule has 1 aliphatic rings. The Morgan fingerprint density at radius 1 is 1.12 bits per heavy atom. The Morgan fingerprint density at radius 3 is 2.84 bits per heavy atom. The highest BCUT2D eigenvalue weighted by Crippen LogP contribution is 2.30. The van der Waals surface area contributed by atoms with Crippen molar-refractivity contribution in [3.8, 4) is 17.0 Å². The first-order valence-corrected chi connectivity index (χ1v) is 8.49. The predicted octanol–water partition coefficient (Wildman–Crippen LogP) is 3.23. The number of hydrogen-bond donors (Lipinski definition) is 1. The standard InChI is InChI=1S/C20H20N4O/c25-19-3-1-2-17(8-19)20-9-16(4-6-23-20)18-5-7-24(13-18)12-15-10-21-14-22-11-15/h1-4,6,8-11,14,18,25H,5,7,12-13H2/t18-/m0/s1. The highest BCUT2D eigenvalue weighted by molar-refractivity contribution is 5.61. The van der Waals surface area contributed by atoms with Crippen molar-refractivity contribution in [3.05, 3.63) is 72.4 Å². The number of phenolic OH excluding ortho intramolecular Hbond substituents is 1. The number of benzene rings is 1. The second kappa shape index (κ2) is 6.99. The molecule has 0 radical (unpaired) electrons. The zero-order valence-electron chi connectivity index (χ0n) is 13.9. The summed E-state index contributed by atoms with van der Waals surface area (Å²) in [6, 6.07) is 11.5. The van der Waals surface area contributed by atoms with E-state index in [0.29, 0.717) is 5.92 Å². The Kier molecular flexibility index (Phi) is 4.39. The van der Waals surface area contributed by atoms with Gasteiger partial charge in [-0.2, -0.15) is 0 Å². The fourth-order valence-corrected chi connectivity index (χ4v) is 3.44. The van der Waals surface area contributed by atoms with E-state index in [1.165, 1.54) is 5.56 Å². The van der Waals surface area contributed by atoms with Gasteiger partial charge in [-0.3, -0.25) is 9.88 Å². The van der Waals surface area contributed by atoms with Crippen LogP contribution in [-0.2, 0) is 6.54 Å². The van der Waals surface area contributed by atoms with Crippen LogP contribution in [0.15, 0.2) is 61.3 Å². The molecule has 3 aromatic rings. The van der Waals surface area contributed by atoms with Crippen LogP contribution < -0.4 is 0 Å². The largest absolute Gasteiger partial charge is 0.508 e. The molecule has 25 heavy (non-hydrogen) atoms. The molecule has 0 bridgehead atoms. The first kappa shape index (κ1) is 15.7. The highest BCUT2D eigenvalue weighted by atomic mass is 16.3. The summed E-state index contributed by atoms with van der Waals surface area (Å²) in [4.78, 5) is 15.1. The number of aromatic hydroxyl groups is 1. The average molecular weight is 332 g/mol. The van der Waals surface area contributed by atoms with Crippen LogP contribution in [-0.4, -0.2) is 38.0 Å². The lowest BCUT2D eigenvalue weighted by atomic mass is 9.97. The number of likely N-dealkylation sites (tertiary alicyclic amines) is 1. The van der Waals surface area contributed by atoms with Crippen LogP contribution in [0.3, 0.4) is 0 Å². The van der Waals surface area contributed by atoms with Crippen LogP contribution in [0.5, 0.6) is 5.75 Å². The van der Waals surface area contributed by atoms with E-state index in [1.54, 1.807) is 18.5 Å². The Hall–Kier alpha value is -2.79. The molecule has 1 aliphatic heterocycles. The van der Waals surface area contributed by atoms with Gasteiger partial charge in [-0.25, -0.2) is 9.97 Å². The topological polar surface area (TPSA) is 62.1 Å². The molecule has 1 atom stereocenters. The molecule has 1 fully saturated rings. The van der Waals surface area contributed by atoms with Crippen LogP contribution in [0.1, 0.15) is 23.5 Å². The summed E-state index contributed by atoms with van der Waals surface area (Å²) in [5, 5.41) is 9.69. The lowest BCUT2D eigenvalue weighted by molar-refractivity contribution is 0.326. The van der Waals surface area contributed by atoms with Gasteiger partial charge in [0.1, 0.15) is 12.1 Å². The van der Waals surface area contributed by atoms with Crippen molar-refractivity contribution in [2.24, 2.45) is 0 Å². The Bertz CT molecular complexity index is 853. The van der Waals surface area contributed by atoms with E-state index in [2.05, 4.69) is 32.0 Å². The lowest BCUT2D eigenvalue weighted by Gasteiger charge is -2.16.